The maximum absolute atomic E-state index is 12.8. The summed E-state index contributed by atoms with van der Waals surface area (Å²) in [5.41, 5.74) is 2.94. The van der Waals surface area contributed by atoms with Crippen molar-refractivity contribution in [1.29, 1.82) is 0 Å². The number of carbonyl (C=O) groups is 2. The average molecular weight is 615 g/mol. The second-order valence-corrected chi connectivity index (χ2v) is 17.8. The van der Waals surface area contributed by atoms with E-state index in [9.17, 15) is 14.7 Å². The van der Waals surface area contributed by atoms with E-state index in [1.807, 2.05) is 60.7 Å². The van der Waals surface area contributed by atoms with Crippen LogP contribution in [0.5, 0.6) is 0 Å². The third-order valence-electron chi connectivity index (χ3n) is 8.33. The Morgan fingerprint density at radius 2 is 1.26 bits per heavy atom. The van der Waals surface area contributed by atoms with Crippen molar-refractivity contribution in [2.45, 2.75) is 122 Å². The van der Waals surface area contributed by atoms with Crippen molar-refractivity contribution in [2.75, 3.05) is 6.61 Å². The number of ketones is 1. The number of aliphatic hydroxyl groups excluding tert-OH is 1. The molecule has 0 radical (unpaired) electrons. The van der Waals surface area contributed by atoms with Crippen LogP contribution in [0.3, 0.4) is 0 Å². The van der Waals surface area contributed by atoms with E-state index in [1.54, 1.807) is 0 Å². The first-order valence-corrected chi connectivity index (χ1v) is 17.6. The normalized spacial score (nSPS) is 22.7. The highest BCUT2D eigenvalue weighted by Gasteiger charge is 2.51. The van der Waals surface area contributed by atoms with E-state index in [-0.39, 0.29) is 38.4 Å². The van der Waals surface area contributed by atoms with Gasteiger partial charge in [-0.3, -0.25) is 4.79 Å². The summed E-state index contributed by atoms with van der Waals surface area (Å²) in [4.78, 5) is 24.3. The van der Waals surface area contributed by atoms with E-state index >= 15 is 0 Å². The number of esters is 1. The van der Waals surface area contributed by atoms with Gasteiger partial charge in [0.05, 0.1) is 26.2 Å². The van der Waals surface area contributed by atoms with Gasteiger partial charge in [-0.05, 0) is 34.7 Å². The van der Waals surface area contributed by atoms with Gasteiger partial charge in [0.1, 0.15) is 24.1 Å². The van der Waals surface area contributed by atoms with Gasteiger partial charge >= 0.3 is 5.97 Å². The second-order valence-electron chi connectivity index (χ2n) is 12.4. The molecule has 0 saturated carbocycles. The van der Waals surface area contributed by atoms with Gasteiger partial charge in [0.25, 0.3) is 0 Å². The predicted octanol–water partition coefficient (Wildman–Crippen LogP) is 6.35. The number of Topliss-reactive ketones (excluding diaryl/α,β-unsaturated/α-hetero) is 1. The lowest BCUT2D eigenvalue weighted by atomic mass is 9.98. The Morgan fingerprint density at radius 1 is 0.767 bits per heavy atom. The molecule has 238 valence electrons. The highest BCUT2D eigenvalue weighted by atomic mass is 28.4. The Labute approximate surface area is 258 Å². The van der Waals surface area contributed by atoms with Crippen molar-refractivity contribution in [2.24, 2.45) is 0 Å². The van der Waals surface area contributed by atoms with Crippen LogP contribution in [0.15, 0.2) is 60.7 Å². The van der Waals surface area contributed by atoms with Crippen LogP contribution < -0.4 is 0 Å². The molecular weight excluding hydrogens is 564 g/mol. The number of ether oxygens (including phenoxy) is 4. The van der Waals surface area contributed by atoms with Gasteiger partial charge in [-0.25, -0.2) is 0 Å². The molecule has 9 heteroatoms. The first kappa shape index (κ1) is 35.1. The first-order valence-electron chi connectivity index (χ1n) is 15.4. The Kier molecular flexibility index (Phi) is 13.5. The fraction of sp³-hybridized carbons (Fsp3) is 0.588. The molecule has 1 heterocycles. The Morgan fingerprint density at radius 3 is 1.72 bits per heavy atom. The number of carbonyl (C=O) groups excluding carboxylic acids is 2. The summed E-state index contributed by atoms with van der Waals surface area (Å²) >= 11 is 0. The fourth-order valence-corrected chi connectivity index (χ4v) is 11.7. The summed E-state index contributed by atoms with van der Waals surface area (Å²) in [5, 5.41) is 11.2. The van der Waals surface area contributed by atoms with Gasteiger partial charge in [0, 0.05) is 6.42 Å². The summed E-state index contributed by atoms with van der Waals surface area (Å²) in [6.45, 7) is 15.4. The summed E-state index contributed by atoms with van der Waals surface area (Å²) in [6, 6.07) is 19.4. The lowest BCUT2D eigenvalue weighted by Gasteiger charge is -2.47. The Balaban J connectivity index is 1.95. The molecule has 1 fully saturated rings. The van der Waals surface area contributed by atoms with Crippen molar-refractivity contribution in [3.05, 3.63) is 71.8 Å². The van der Waals surface area contributed by atoms with Gasteiger partial charge in [-0.15, -0.1) is 0 Å². The van der Waals surface area contributed by atoms with Crippen LogP contribution in [0, 0.1) is 0 Å². The zero-order valence-electron chi connectivity index (χ0n) is 26.7. The monoisotopic (exact) mass is 614 g/mol. The third kappa shape index (κ3) is 9.54. The molecule has 0 aliphatic carbocycles. The quantitative estimate of drug-likeness (QED) is 0.173. The molecule has 0 aromatic heterocycles. The highest BCUT2D eigenvalue weighted by molar-refractivity contribution is 6.77. The van der Waals surface area contributed by atoms with E-state index in [0.717, 1.165) is 11.1 Å². The highest BCUT2D eigenvalue weighted by Crippen LogP contribution is 2.43. The van der Waals surface area contributed by atoms with Crippen molar-refractivity contribution in [3.63, 3.8) is 0 Å². The maximum atomic E-state index is 12.8. The summed E-state index contributed by atoms with van der Waals surface area (Å²) in [5.74, 6) is -0.734. The second kappa shape index (κ2) is 16.6. The number of aliphatic hydroxyl groups is 1. The summed E-state index contributed by atoms with van der Waals surface area (Å²) < 4.78 is 31.7. The van der Waals surface area contributed by atoms with Crippen molar-refractivity contribution in [1.82, 2.24) is 0 Å². The number of hydrogen-bond acceptors (Lipinski definition) is 8. The fourth-order valence-electron chi connectivity index (χ4n) is 6.29. The molecule has 1 aliphatic rings. The predicted molar refractivity (Wildman–Crippen MR) is 168 cm³/mol. The molecule has 1 saturated heterocycles. The SMILES string of the molecule is CC(=O)CCC(=O)O[C@@H]1C(O)O[C@H](CO[Si](C(C)C)(C(C)C)C(C)C)[C@@H](OCc2ccccc2)[C@@H]1OCc1ccccc1. The maximum Gasteiger partial charge on any atom is 0.306 e. The van der Waals surface area contributed by atoms with Gasteiger partial charge in [0.15, 0.2) is 20.7 Å². The molecular formula is C34H50O8Si. The van der Waals surface area contributed by atoms with Gasteiger partial charge in [-0.1, -0.05) is 102 Å². The molecule has 1 aliphatic heterocycles. The molecule has 43 heavy (non-hydrogen) atoms. The summed E-state index contributed by atoms with van der Waals surface area (Å²) in [6.07, 6.45) is -4.96. The number of benzene rings is 2. The van der Waals surface area contributed by atoms with E-state index < -0.39 is 45.0 Å². The van der Waals surface area contributed by atoms with Crippen LogP contribution in [-0.2, 0) is 46.2 Å². The minimum absolute atomic E-state index is 0.0504. The molecule has 1 unspecified atom stereocenters. The lowest BCUT2D eigenvalue weighted by Crippen LogP contribution is -2.62. The molecule has 0 amide bonds. The zero-order valence-corrected chi connectivity index (χ0v) is 27.7. The van der Waals surface area contributed by atoms with E-state index in [1.165, 1.54) is 6.92 Å². The average Bonchev–Trinajstić information content (AvgIpc) is 2.96. The van der Waals surface area contributed by atoms with E-state index in [2.05, 4.69) is 41.5 Å². The molecule has 5 atom stereocenters. The summed E-state index contributed by atoms with van der Waals surface area (Å²) in [7, 11) is -2.28. The minimum atomic E-state index is -2.28. The smallest absolute Gasteiger partial charge is 0.306 e. The number of rotatable bonds is 16. The first-order chi connectivity index (χ1) is 20.5. The Hall–Kier alpha value is -2.40. The zero-order chi connectivity index (χ0) is 31.6. The minimum Gasteiger partial charge on any atom is -0.454 e. The molecule has 0 bridgehead atoms. The van der Waals surface area contributed by atoms with Crippen LogP contribution in [0.1, 0.15) is 72.4 Å². The van der Waals surface area contributed by atoms with Gasteiger partial charge in [0.2, 0.25) is 0 Å². The standard InChI is InChI=1S/C34H50O8Si/c1-23(2)43(24(3)4,25(5)6)40-22-29-31(38-20-27-14-10-8-11-15-27)32(39-21-28-16-12-9-13-17-28)33(34(37)41-29)42-30(36)19-18-26(7)35/h8-17,23-25,29,31-34,37H,18-22H2,1-7H3/t29-,31-,32+,33+,34?/m1/s1. The van der Waals surface area contributed by atoms with Crippen LogP contribution in [0.2, 0.25) is 16.6 Å². The van der Waals surface area contributed by atoms with Crippen LogP contribution in [-0.4, -0.2) is 62.5 Å². The topological polar surface area (TPSA) is 101 Å². The Bertz CT molecular complexity index is 1100. The molecule has 1 N–H and O–H groups in total. The molecule has 2 aromatic rings. The van der Waals surface area contributed by atoms with Crippen molar-refractivity contribution in [3.8, 4) is 0 Å². The molecule has 3 rings (SSSR count). The molecule has 0 spiro atoms. The van der Waals surface area contributed by atoms with Crippen molar-refractivity contribution < 1.29 is 38.1 Å². The number of hydrogen-bond donors (Lipinski definition) is 1. The van der Waals surface area contributed by atoms with Gasteiger partial charge < -0.3 is 33.3 Å². The van der Waals surface area contributed by atoms with Crippen molar-refractivity contribution >= 4 is 20.1 Å². The molecule has 8 nitrogen and oxygen atoms in total. The van der Waals surface area contributed by atoms with Crippen LogP contribution in [0.25, 0.3) is 0 Å². The van der Waals surface area contributed by atoms with Gasteiger partial charge in [-0.2, -0.15) is 0 Å². The van der Waals surface area contributed by atoms with E-state index in [4.69, 9.17) is 23.4 Å². The largest absolute Gasteiger partial charge is 0.454 e. The molecule has 2 aromatic carbocycles. The lowest BCUT2D eigenvalue weighted by molar-refractivity contribution is -0.307. The van der Waals surface area contributed by atoms with Crippen LogP contribution in [0.4, 0.5) is 0 Å². The van der Waals surface area contributed by atoms with Crippen LogP contribution >= 0.6 is 0 Å². The third-order valence-corrected chi connectivity index (χ3v) is 14.4. The van der Waals surface area contributed by atoms with E-state index in [0.29, 0.717) is 16.6 Å².